The smallest absolute Gasteiger partial charge is 0.407 e. The Bertz CT molecular complexity index is 210. The first kappa shape index (κ1) is 11.8. The van der Waals surface area contributed by atoms with E-state index in [1.54, 1.807) is 0 Å². The lowest BCUT2D eigenvalue weighted by Gasteiger charge is -2.32. The van der Waals surface area contributed by atoms with Crippen molar-refractivity contribution in [3.63, 3.8) is 0 Å². The second-order valence-electron chi connectivity index (χ2n) is 3.91. The summed E-state index contributed by atoms with van der Waals surface area (Å²) in [5, 5.41) is 8.88. The van der Waals surface area contributed by atoms with Crippen LogP contribution in [0, 0.1) is 12.3 Å². The average Bonchev–Trinajstić information content (AvgIpc) is 1.94. The van der Waals surface area contributed by atoms with Crippen molar-refractivity contribution < 1.29 is 9.90 Å². The van der Waals surface area contributed by atoms with Gasteiger partial charge in [-0.2, -0.15) is 0 Å². The number of carboxylic acid groups (broad SMARTS) is 1. The van der Waals surface area contributed by atoms with Crippen LogP contribution < -0.4 is 0 Å². The number of terminal acetylenes is 1. The van der Waals surface area contributed by atoms with E-state index in [9.17, 15) is 4.79 Å². The highest BCUT2D eigenvalue weighted by atomic mass is 16.4. The lowest BCUT2D eigenvalue weighted by Crippen LogP contribution is -2.45. The minimum absolute atomic E-state index is 0.347. The first-order chi connectivity index (χ1) is 5.89. The van der Waals surface area contributed by atoms with Gasteiger partial charge in [-0.3, -0.25) is 0 Å². The van der Waals surface area contributed by atoms with Crippen LogP contribution in [-0.4, -0.2) is 28.2 Å². The van der Waals surface area contributed by atoms with Crippen LogP contribution in [0.15, 0.2) is 0 Å². The van der Waals surface area contributed by atoms with Gasteiger partial charge in [-0.05, 0) is 27.2 Å². The van der Waals surface area contributed by atoms with E-state index in [-0.39, 0.29) is 5.54 Å². The number of rotatable bonds is 3. The highest BCUT2D eigenvalue weighted by Gasteiger charge is 2.24. The molecule has 1 amide bonds. The molecule has 0 radical (unpaired) electrons. The van der Waals surface area contributed by atoms with Gasteiger partial charge >= 0.3 is 6.09 Å². The predicted molar refractivity (Wildman–Crippen MR) is 52.6 cm³/mol. The number of unbranched alkanes of at least 4 members (excludes halogenated alkanes) is 1. The van der Waals surface area contributed by atoms with Gasteiger partial charge in [0, 0.05) is 18.5 Å². The summed E-state index contributed by atoms with van der Waals surface area (Å²) in [7, 11) is 0. The maximum Gasteiger partial charge on any atom is 0.407 e. The molecule has 0 bridgehead atoms. The number of amides is 1. The van der Waals surface area contributed by atoms with Crippen LogP contribution in [0.4, 0.5) is 4.79 Å². The third-order valence-corrected chi connectivity index (χ3v) is 1.74. The van der Waals surface area contributed by atoms with Crippen molar-refractivity contribution in [2.75, 3.05) is 6.54 Å². The van der Waals surface area contributed by atoms with Crippen LogP contribution in [0.3, 0.4) is 0 Å². The molecule has 0 aromatic carbocycles. The van der Waals surface area contributed by atoms with E-state index in [0.717, 1.165) is 6.42 Å². The summed E-state index contributed by atoms with van der Waals surface area (Å²) in [6.45, 7) is 6.12. The van der Waals surface area contributed by atoms with Gasteiger partial charge in [0.2, 0.25) is 0 Å². The molecule has 0 unspecified atom stereocenters. The van der Waals surface area contributed by atoms with Gasteiger partial charge in [0.05, 0.1) is 0 Å². The summed E-state index contributed by atoms with van der Waals surface area (Å²) in [5.41, 5.74) is -0.347. The van der Waals surface area contributed by atoms with E-state index >= 15 is 0 Å². The van der Waals surface area contributed by atoms with Crippen LogP contribution in [0.1, 0.15) is 33.6 Å². The van der Waals surface area contributed by atoms with Crippen molar-refractivity contribution in [2.45, 2.75) is 39.2 Å². The first-order valence-corrected chi connectivity index (χ1v) is 4.33. The fourth-order valence-corrected chi connectivity index (χ4v) is 1.06. The van der Waals surface area contributed by atoms with E-state index in [0.29, 0.717) is 13.0 Å². The van der Waals surface area contributed by atoms with Crippen molar-refractivity contribution >= 4 is 6.09 Å². The molecular weight excluding hydrogens is 166 g/mol. The minimum Gasteiger partial charge on any atom is -0.465 e. The second kappa shape index (κ2) is 4.76. The average molecular weight is 183 g/mol. The Morgan fingerprint density at radius 2 is 2.08 bits per heavy atom. The Morgan fingerprint density at radius 3 is 2.38 bits per heavy atom. The monoisotopic (exact) mass is 183 g/mol. The molecule has 3 heteroatoms. The van der Waals surface area contributed by atoms with Crippen molar-refractivity contribution in [1.29, 1.82) is 0 Å². The zero-order valence-corrected chi connectivity index (χ0v) is 8.50. The second-order valence-corrected chi connectivity index (χ2v) is 3.91. The van der Waals surface area contributed by atoms with E-state index in [4.69, 9.17) is 11.5 Å². The Labute approximate surface area is 79.7 Å². The summed E-state index contributed by atoms with van der Waals surface area (Å²) in [5.74, 6) is 2.49. The molecule has 74 valence electrons. The van der Waals surface area contributed by atoms with Crippen molar-refractivity contribution in [1.82, 2.24) is 4.90 Å². The molecule has 0 atom stereocenters. The molecule has 0 aliphatic carbocycles. The lowest BCUT2D eigenvalue weighted by atomic mass is 10.1. The van der Waals surface area contributed by atoms with Crippen LogP contribution in [0.5, 0.6) is 0 Å². The quantitative estimate of drug-likeness (QED) is 0.538. The zero-order chi connectivity index (χ0) is 10.5. The Morgan fingerprint density at radius 1 is 1.54 bits per heavy atom. The molecule has 0 rings (SSSR count). The molecule has 0 spiro atoms. The summed E-state index contributed by atoms with van der Waals surface area (Å²) in [6.07, 6.45) is 5.55. The standard InChI is InChI=1S/C10H17NO2/c1-5-6-7-8-11(9(12)13)10(2,3)4/h1H,6-8H2,2-4H3,(H,12,13). The minimum atomic E-state index is -0.885. The Kier molecular flexibility index (Phi) is 4.33. The fraction of sp³-hybridized carbons (Fsp3) is 0.700. The first-order valence-electron chi connectivity index (χ1n) is 4.33. The van der Waals surface area contributed by atoms with E-state index in [1.165, 1.54) is 4.90 Å². The van der Waals surface area contributed by atoms with Crippen LogP contribution in [-0.2, 0) is 0 Å². The molecule has 0 aliphatic rings. The molecule has 0 heterocycles. The summed E-state index contributed by atoms with van der Waals surface area (Å²) in [4.78, 5) is 12.2. The third kappa shape index (κ3) is 4.41. The largest absolute Gasteiger partial charge is 0.465 e. The molecule has 3 nitrogen and oxygen atoms in total. The van der Waals surface area contributed by atoms with E-state index in [2.05, 4.69) is 5.92 Å². The van der Waals surface area contributed by atoms with Crippen LogP contribution >= 0.6 is 0 Å². The number of hydrogen-bond donors (Lipinski definition) is 1. The van der Waals surface area contributed by atoms with Gasteiger partial charge in [-0.15, -0.1) is 12.3 Å². The highest BCUT2D eigenvalue weighted by molar-refractivity contribution is 5.65. The SMILES string of the molecule is C#CCCCN(C(=O)O)C(C)(C)C. The summed E-state index contributed by atoms with van der Waals surface area (Å²) < 4.78 is 0. The van der Waals surface area contributed by atoms with Gasteiger partial charge in [0.1, 0.15) is 0 Å². The van der Waals surface area contributed by atoms with Gasteiger partial charge in [-0.1, -0.05) is 0 Å². The molecule has 13 heavy (non-hydrogen) atoms. The predicted octanol–water partition coefficient (Wildman–Crippen LogP) is 2.18. The normalized spacial score (nSPS) is 10.6. The van der Waals surface area contributed by atoms with Gasteiger partial charge in [0.15, 0.2) is 0 Å². The molecular formula is C10H17NO2. The molecule has 0 saturated heterocycles. The highest BCUT2D eigenvalue weighted by Crippen LogP contribution is 2.13. The summed E-state index contributed by atoms with van der Waals surface area (Å²) in [6, 6.07) is 0. The van der Waals surface area contributed by atoms with Crippen molar-refractivity contribution in [3.05, 3.63) is 0 Å². The van der Waals surface area contributed by atoms with Crippen molar-refractivity contribution in [3.8, 4) is 12.3 Å². The van der Waals surface area contributed by atoms with Gasteiger partial charge < -0.3 is 10.0 Å². The zero-order valence-electron chi connectivity index (χ0n) is 8.50. The maximum atomic E-state index is 10.8. The molecule has 0 aliphatic heterocycles. The third-order valence-electron chi connectivity index (χ3n) is 1.74. The lowest BCUT2D eigenvalue weighted by molar-refractivity contribution is 0.0998. The topological polar surface area (TPSA) is 40.5 Å². The van der Waals surface area contributed by atoms with Gasteiger partial charge in [-0.25, -0.2) is 4.79 Å². The van der Waals surface area contributed by atoms with Crippen molar-refractivity contribution in [2.24, 2.45) is 0 Å². The maximum absolute atomic E-state index is 10.8. The molecule has 0 aromatic heterocycles. The molecule has 1 N–H and O–H groups in total. The number of carbonyl (C=O) groups is 1. The van der Waals surface area contributed by atoms with Crippen LogP contribution in [0.2, 0.25) is 0 Å². The molecule has 0 fully saturated rings. The number of nitrogens with zero attached hydrogens (tertiary/aromatic N) is 1. The van der Waals surface area contributed by atoms with E-state index < -0.39 is 6.09 Å². The van der Waals surface area contributed by atoms with Gasteiger partial charge in [0.25, 0.3) is 0 Å². The molecule has 0 aromatic rings. The van der Waals surface area contributed by atoms with Crippen LogP contribution in [0.25, 0.3) is 0 Å². The fourth-order valence-electron chi connectivity index (χ4n) is 1.06. The molecule has 0 saturated carbocycles. The number of hydrogen-bond acceptors (Lipinski definition) is 1. The summed E-state index contributed by atoms with van der Waals surface area (Å²) >= 11 is 0. The Balaban J connectivity index is 4.14. The Hall–Kier alpha value is -1.17. The van der Waals surface area contributed by atoms with E-state index in [1.807, 2.05) is 20.8 Å².